The monoisotopic (exact) mass is 442 g/mol. The standard InChI is InChI=1S/C29H30O4/c1-29(2)16-24(30)27-25(17-29)33-28-20(13-18-7-5-9-21(14-18)31-3)11-12-23(28)26(27)19-8-6-10-22(15-19)32-4/h5-10,13-15,26H,11-12,16-17H2,1-4H3/b20-13+. The van der Waals surface area contributed by atoms with Crippen molar-refractivity contribution in [1.82, 2.24) is 0 Å². The normalized spacial score (nSPS) is 22.7. The maximum absolute atomic E-state index is 13.4. The number of rotatable bonds is 4. The molecule has 0 aromatic heterocycles. The van der Waals surface area contributed by atoms with Crippen LogP contribution in [0.25, 0.3) is 6.08 Å². The van der Waals surface area contributed by atoms with Gasteiger partial charge in [0.15, 0.2) is 5.78 Å². The summed E-state index contributed by atoms with van der Waals surface area (Å²) < 4.78 is 17.5. The quantitative estimate of drug-likeness (QED) is 0.536. The Hall–Kier alpha value is -3.27. The summed E-state index contributed by atoms with van der Waals surface area (Å²) in [6.45, 7) is 4.29. The third-order valence-electron chi connectivity index (χ3n) is 6.85. The van der Waals surface area contributed by atoms with Crippen molar-refractivity contribution in [3.05, 3.63) is 87.9 Å². The Morgan fingerprint density at radius 3 is 2.45 bits per heavy atom. The number of ketones is 1. The van der Waals surface area contributed by atoms with Gasteiger partial charge in [0.1, 0.15) is 23.0 Å². The number of carbonyl (C=O) groups is 1. The van der Waals surface area contributed by atoms with Crippen molar-refractivity contribution in [3.63, 3.8) is 0 Å². The van der Waals surface area contributed by atoms with Crippen LogP contribution >= 0.6 is 0 Å². The van der Waals surface area contributed by atoms with E-state index in [-0.39, 0.29) is 17.1 Å². The highest BCUT2D eigenvalue weighted by atomic mass is 16.5. The third kappa shape index (κ3) is 3.99. The molecule has 4 nitrogen and oxygen atoms in total. The summed E-state index contributed by atoms with van der Waals surface area (Å²) in [4.78, 5) is 13.4. The highest BCUT2D eigenvalue weighted by molar-refractivity contribution is 6.00. The van der Waals surface area contributed by atoms with E-state index in [1.165, 1.54) is 11.1 Å². The summed E-state index contributed by atoms with van der Waals surface area (Å²) in [5.74, 6) is 3.53. The third-order valence-corrected chi connectivity index (χ3v) is 6.85. The average Bonchev–Trinajstić information content (AvgIpc) is 3.19. The molecule has 4 heteroatoms. The summed E-state index contributed by atoms with van der Waals surface area (Å²) in [5.41, 5.74) is 5.27. The van der Waals surface area contributed by atoms with Crippen molar-refractivity contribution in [2.24, 2.45) is 5.41 Å². The van der Waals surface area contributed by atoms with E-state index in [0.29, 0.717) is 6.42 Å². The largest absolute Gasteiger partial charge is 0.497 e. The van der Waals surface area contributed by atoms with Gasteiger partial charge in [-0.15, -0.1) is 0 Å². The summed E-state index contributed by atoms with van der Waals surface area (Å²) >= 11 is 0. The maximum atomic E-state index is 13.4. The highest BCUT2D eigenvalue weighted by Crippen LogP contribution is 2.54. The second-order valence-corrected chi connectivity index (χ2v) is 9.89. The van der Waals surface area contributed by atoms with E-state index in [0.717, 1.165) is 59.0 Å². The molecule has 0 spiro atoms. The predicted octanol–water partition coefficient (Wildman–Crippen LogP) is 6.59. The molecule has 0 N–H and O–H groups in total. The van der Waals surface area contributed by atoms with Crippen LogP contribution < -0.4 is 9.47 Å². The van der Waals surface area contributed by atoms with Gasteiger partial charge in [0.2, 0.25) is 0 Å². The molecule has 1 atom stereocenters. The first kappa shape index (κ1) is 21.6. The number of methoxy groups -OCH3 is 2. The molecular formula is C29H30O4. The lowest BCUT2D eigenvalue weighted by Crippen LogP contribution is -2.32. The Morgan fingerprint density at radius 1 is 0.970 bits per heavy atom. The fraction of sp³-hybridized carbons (Fsp3) is 0.345. The van der Waals surface area contributed by atoms with Crippen LogP contribution in [0.5, 0.6) is 11.5 Å². The van der Waals surface area contributed by atoms with Crippen LogP contribution in [0.1, 0.15) is 56.6 Å². The van der Waals surface area contributed by atoms with Crippen LogP contribution in [-0.4, -0.2) is 20.0 Å². The Labute approximate surface area is 195 Å². The zero-order valence-electron chi connectivity index (χ0n) is 19.7. The van der Waals surface area contributed by atoms with Crippen LogP contribution in [0.15, 0.2) is 76.8 Å². The minimum absolute atomic E-state index is 0.0846. The molecule has 0 bridgehead atoms. The van der Waals surface area contributed by atoms with Gasteiger partial charge in [-0.05, 0) is 70.9 Å². The van der Waals surface area contributed by atoms with Gasteiger partial charge < -0.3 is 14.2 Å². The van der Waals surface area contributed by atoms with Crippen LogP contribution in [0.4, 0.5) is 0 Å². The van der Waals surface area contributed by atoms with Crippen molar-refractivity contribution >= 4 is 11.9 Å². The van der Waals surface area contributed by atoms with Crippen molar-refractivity contribution in [1.29, 1.82) is 0 Å². The highest BCUT2D eigenvalue weighted by Gasteiger charge is 2.44. The molecule has 3 aliphatic rings. The molecule has 0 radical (unpaired) electrons. The molecule has 1 aliphatic heterocycles. The van der Waals surface area contributed by atoms with E-state index in [1.54, 1.807) is 14.2 Å². The van der Waals surface area contributed by atoms with Gasteiger partial charge in [0, 0.05) is 24.3 Å². The number of ether oxygens (including phenoxy) is 3. The molecule has 0 amide bonds. The van der Waals surface area contributed by atoms with Crippen LogP contribution in [0.3, 0.4) is 0 Å². The van der Waals surface area contributed by atoms with Crippen LogP contribution in [0.2, 0.25) is 0 Å². The molecule has 1 unspecified atom stereocenters. The number of allylic oxidation sites excluding steroid dienone is 4. The molecular weight excluding hydrogens is 412 g/mol. The van der Waals surface area contributed by atoms with Gasteiger partial charge in [-0.1, -0.05) is 38.1 Å². The van der Waals surface area contributed by atoms with Crippen molar-refractivity contribution in [2.45, 2.75) is 45.4 Å². The topological polar surface area (TPSA) is 44.8 Å². The summed E-state index contributed by atoms with van der Waals surface area (Å²) in [5, 5.41) is 0. The van der Waals surface area contributed by atoms with Crippen molar-refractivity contribution in [3.8, 4) is 11.5 Å². The molecule has 1 heterocycles. The van der Waals surface area contributed by atoms with Crippen molar-refractivity contribution in [2.75, 3.05) is 14.2 Å². The average molecular weight is 443 g/mol. The van der Waals surface area contributed by atoms with E-state index < -0.39 is 0 Å². The number of hydrogen-bond donors (Lipinski definition) is 0. The minimum Gasteiger partial charge on any atom is -0.497 e. The van der Waals surface area contributed by atoms with Crippen LogP contribution in [0, 0.1) is 5.41 Å². The fourth-order valence-electron chi connectivity index (χ4n) is 5.36. The maximum Gasteiger partial charge on any atom is 0.163 e. The predicted molar refractivity (Wildman–Crippen MR) is 129 cm³/mol. The summed E-state index contributed by atoms with van der Waals surface area (Å²) in [6.07, 6.45) is 5.26. The first-order chi connectivity index (χ1) is 15.9. The number of hydrogen-bond acceptors (Lipinski definition) is 4. The van der Waals surface area contributed by atoms with Gasteiger partial charge in [-0.2, -0.15) is 0 Å². The molecule has 2 aliphatic carbocycles. The van der Waals surface area contributed by atoms with E-state index in [9.17, 15) is 4.79 Å². The van der Waals surface area contributed by atoms with Gasteiger partial charge >= 0.3 is 0 Å². The fourth-order valence-corrected chi connectivity index (χ4v) is 5.36. The summed E-state index contributed by atoms with van der Waals surface area (Å²) in [6, 6.07) is 16.2. The van der Waals surface area contributed by atoms with Gasteiger partial charge in [-0.3, -0.25) is 4.79 Å². The van der Waals surface area contributed by atoms with Gasteiger partial charge in [0.05, 0.1) is 14.2 Å². The Bertz CT molecular complexity index is 1210. The lowest BCUT2D eigenvalue weighted by atomic mass is 9.70. The van der Waals surface area contributed by atoms with Gasteiger partial charge in [-0.25, -0.2) is 0 Å². The SMILES string of the molecule is COc1cccc(/C=C2\CCC3=C2OC2=C(C(=O)CC(C)(C)C2)C3c2cccc(OC)c2)c1. The second-order valence-electron chi connectivity index (χ2n) is 9.89. The zero-order chi connectivity index (χ0) is 23.2. The Kier molecular flexibility index (Phi) is 5.40. The van der Waals surface area contributed by atoms with Gasteiger partial charge in [0.25, 0.3) is 0 Å². The number of benzene rings is 2. The lowest BCUT2D eigenvalue weighted by Gasteiger charge is -2.38. The molecule has 170 valence electrons. The van der Waals surface area contributed by atoms with Crippen molar-refractivity contribution < 1.29 is 19.0 Å². The molecule has 0 saturated carbocycles. The molecule has 2 aromatic rings. The lowest BCUT2D eigenvalue weighted by molar-refractivity contribution is -0.119. The minimum atomic E-state index is -0.109. The van der Waals surface area contributed by atoms with E-state index >= 15 is 0 Å². The first-order valence-corrected chi connectivity index (χ1v) is 11.5. The molecule has 0 fully saturated rings. The van der Waals surface area contributed by atoms with E-state index in [2.05, 4.69) is 38.1 Å². The second kappa shape index (κ2) is 8.26. The van der Waals surface area contributed by atoms with E-state index in [1.807, 2.05) is 30.3 Å². The molecule has 33 heavy (non-hydrogen) atoms. The molecule has 2 aromatic carbocycles. The number of carbonyl (C=O) groups excluding carboxylic acids is 1. The Balaban J connectivity index is 1.63. The first-order valence-electron chi connectivity index (χ1n) is 11.5. The molecule has 5 rings (SSSR count). The Morgan fingerprint density at radius 2 is 1.70 bits per heavy atom. The zero-order valence-corrected chi connectivity index (χ0v) is 19.7. The van der Waals surface area contributed by atoms with E-state index in [4.69, 9.17) is 14.2 Å². The molecule has 0 saturated heterocycles. The number of Topliss-reactive ketones (excluding diaryl/α,β-unsaturated/α-hetero) is 1. The van der Waals surface area contributed by atoms with Crippen LogP contribution in [-0.2, 0) is 9.53 Å². The smallest absolute Gasteiger partial charge is 0.163 e. The summed E-state index contributed by atoms with van der Waals surface area (Å²) in [7, 11) is 3.36.